The molecule has 0 saturated carbocycles. The molecule has 0 aliphatic carbocycles. The molecule has 2 aromatic heterocycles. The number of aromatic nitrogens is 3. The van der Waals surface area contributed by atoms with E-state index in [2.05, 4.69) is 25.7 Å². The van der Waals surface area contributed by atoms with Crippen molar-refractivity contribution in [1.29, 1.82) is 0 Å². The van der Waals surface area contributed by atoms with Gasteiger partial charge in [0.15, 0.2) is 5.82 Å². The quantitative estimate of drug-likeness (QED) is 0.317. The number of aryl methyl sites for hydroxylation is 2. The average Bonchev–Trinajstić information content (AvgIpc) is 3.19. The third-order valence-electron chi connectivity index (χ3n) is 6.77. The monoisotopic (exact) mass is 552 g/mol. The highest BCUT2D eigenvalue weighted by molar-refractivity contribution is 6.32. The fourth-order valence-electron chi connectivity index (χ4n) is 4.76. The van der Waals surface area contributed by atoms with Crippen LogP contribution in [0, 0.1) is 12.7 Å². The Labute approximate surface area is 230 Å². The predicted molar refractivity (Wildman–Crippen MR) is 148 cm³/mol. The van der Waals surface area contributed by atoms with E-state index in [-0.39, 0.29) is 18.3 Å². The zero-order chi connectivity index (χ0) is 27.4. The molecule has 0 radical (unpaired) electrons. The van der Waals surface area contributed by atoms with Gasteiger partial charge in [-0.3, -0.25) is 9.69 Å². The number of ether oxygens (including phenoxy) is 2. The Hall–Kier alpha value is -3.73. The zero-order valence-corrected chi connectivity index (χ0v) is 22.6. The van der Waals surface area contributed by atoms with Crippen LogP contribution in [0.25, 0.3) is 10.9 Å². The Bertz CT molecular complexity index is 1490. The normalized spacial score (nSPS) is 13.9. The first-order valence-corrected chi connectivity index (χ1v) is 13.1. The lowest BCUT2D eigenvalue weighted by atomic mass is 10.1. The van der Waals surface area contributed by atoms with Crippen molar-refractivity contribution in [2.75, 3.05) is 44.7 Å². The summed E-state index contributed by atoms with van der Waals surface area (Å²) in [5.41, 5.74) is 3.53. The number of carbonyl (C=O) groups excluding carboxylic acids is 1. The molecule has 1 aliphatic rings. The fourth-order valence-corrected chi connectivity index (χ4v) is 4.99. The number of hydrogen-bond donors (Lipinski definition) is 2. The number of carbonyl (C=O) groups is 1. The van der Waals surface area contributed by atoms with Crippen LogP contribution in [-0.4, -0.2) is 65.0 Å². The predicted octanol–water partition coefficient (Wildman–Crippen LogP) is 4.45. The summed E-state index contributed by atoms with van der Waals surface area (Å²) in [5.74, 6) is 0.523. The van der Waals surface area contributed by atoms with Crippen LogP contribution in [0.2, 0.25) is 5.02 Å². The average molecular weight is 553 g/mol. The number of benzene rings is 2. The van der Waals surface area contributed by atoms with Crippen LogP contribution in [0.5, 0.6) is 5.75 Å². The molecule has 0 bridgehead atoms. The summed E-state index contributed by atoms with van der Waals surface area (Å²) < 4.78 is 26.4. The maximum atomic E-state index is 13.4. The minimum atomic E-state index is -0.318. The lowest BCUT2D eigenvalue weighted by Crippen LogP contribution is -2.41. The summed E-state index contributed by atoms with van der Waals surface area (Å²) in [7, 11) is 1.85. The lowest BCUT2D eigenvalue weighted by molar-refractivity contribution is 0.0383. The summed E-state index contributed by atoms with van der Waals surface area (Å²) in [4.78, 5) is 15.4. The Balaban J connectivity index is 1.30. The van der Waals surface area contributed by atoms with Gasteiger partial charge in [0, 0.05) is 44.3 Å². The van der Waals surface area contributed by atoms with Crippen molar-refractivity contribution in [3.8, 4) is 5.75 Å². The summed E-state index contributed by atoms with van der Waals surface area (Å²) in [6.45, 7) is 6.62. The van der Waals surface area contributed by atoms with Crippen molar-refractivity contribution in [3.63, 3.8) is 0 Å². The Morgan fingerprint density at radius 2 is 2.03 bits per heavy atom. The van der Waals surface area contributed by atoms with E-state index in [0.717, 1.165) is 49.3 Å². The van der Waals surface area contributed by atoms with Gasteiger partial charge in [-0.15, -0.1) is 5.10 Å². The maximum absolute atomic E-state index is 13.4. The topological polar surface area (TPSA) is 93.5 Å². The number of halogens is 2. The molecule has 2 N–H and O–H groups in total. The van der Waals surface area contributed by atoms with E-state index < -0.39 is 0 Å². The number of nitrogens with zero attached hydrogens (tertiary/aromatic N) is 4. The number of morpholine rings is 1. The van der Waals surface area contributed by atoms with E-state index in [1.54, 1.807) is 30.5 Å². The van der Waals surface area contributed by atoms with Gasteiger partial charge in [-0.25, -0.2) is 4.39 Å². The van der Waals surface area contributed by atoms with Crippen LogP contribution in [-0.2, 0) is 18.4 Å². The first-order chi connectivity index (χ1) is 18.9. The molecule has 204 valence electrons. The largest absolute Gasteiger partial charge is 0.487 e. The van der Waals surface area contributed by atoms with Crippen molar-refractivity contribution >= 4 is 39.9 Å². The number of rotatable bonds is 9. The molecular weight excluding hydrogens is 523 g/mol. The third-order valence-corrected chi connectivity index (χ3v) is 7.06. The Morgan fingerprint density at radius 3 is 2.79 bits per heavy atom. The van der Waals surface area contributed by atoms with Crippen molar-refractivity contribution < 1.29 is 18.7 Å². The van der Waals surface area contributed by atoms with Gasteiger partial charge in [-0.2, -0.15) is 5.10 Å². The highest BCUT2D eigenvalue weighted by Crippen LogP contribution is 2.33. The van der Waals surface area contributed by atoms with Crippen LogP contribution in [0.3, 0.4) is 0 Å². The molecule has 0 atom stereocenters. The van der Waals surface area contributed by atoms with Gasteiger partial charge < -0.3 is 24.7 Å². The number of amides is 1. The zero-order valence-electron chi connectivity index (χ0n) is 21.8. The minimum Gasteiger partial charge on any atom is -0.487 e. The van der Waals surface area contributed by atoms with E-state index in [4.69, 9.17) is 21.1 Å². The fraction of sp³-hybridized carbons (Fsp3) is 0.321. The van der Waals surface area contributed by atoms with Crippen molar-refractivity contribution in [3.05, 3.63) is 76.3 Å². The van der Waals surface area contributed by atoms with Gasteiger partial charge in [0.05, 0.1) is 29.9 Å². The SMILES string of the molecule is Cc1c(C(=O)NCCN2CCOCC2)n(C)c2cnnc(Nc3ccc(OCc4cccc(F)c4)c(Cl)c3)c12. The molecule has 4 aromatic rings. The smallest absolute Gasteiger partial charge is 0.268 e. The molecule has 39 heavy (non-hydrogen) atoms. The number of anilines is 2. The molecule has 0 spiro atoms. The molecular formula is C28H30ClFN6O3. The van der Waals surface area contributed by atoms with E-state index in [1.807, 2.05) is 24.6 Å². The van der Waals surface area contributed by atoms with E-state index >= 15 is 0 Å². The molecule has 2 aromatic carbocycles. The standard InChI is InChI=1S/C28H30ClFN6O3/c1-18-25-23(35(2)26(18)28(37)31-8-9-36-10-12-38-13-11-36)16-32-34-27(25)33-21-6-7-24(22(29)15-21)39-17-19-4-3-5-20(30)14-19/h3-7,14-16H,8-13,17H2,1-2H3,(H,31,37)(H,33,34). The van der Waals surface area contributed by atoms with Gasteiger partial charge in [-0.05, 0) is 48.4 Å². The second kappa shape index (κ2) is 12.0. The first kappa shape index (κ1) is 26.9. The maximum Gasteiger partial charge on any atom is 0.268 e. The van der Waals surface area contributed by atoms with Gasteiger partial charge in [0.1, 0.15) is 23.9 Å². The molecule has 1 fully saturated rings. The number of hydrogen-bond acceptors (Lipinski definition) is 7. The molecule has 1 aliphatic heterocycles. The van der Waals surface area contributed by atoms with Gasteiger partial charge in [0.25, 0.3) is 5.91 Å². The highest BCUT2D eigenvalue weighted by atomic mass is 35.5. The van der Waals surface area contributed by atoms with E-state index in [0.29, 0.717) is 40.1 Å². The van der Waals surface area contributed by atoms with Crippen LogP contribution in [0.15, 0.2) is 48.7 Å². The van der Waals surface area contributed by atoms with Crippen LogP contribution >= 0.6 is 11.6 Å². The van der Waals surface area contributed by atoms with E-state index in [9.17, 15) is 9.18 Å². The Kier molecular flexibility index (Phi) is 8.25. The third kappa shape index (κ3) is 6.13. The molecule has 11 heteroatoms. The van der Waals surface area contributed by atoms with Crippen molar-refractivity contribution in [1.82, 2.24) is 25.0 Å². The summed E-state index contributed by atoms with van der Waals surface area (Å²) in [6, 6.07) is 11.5. The summed E-state index contributed by atoms with van der Waals surface area (Å²) in [5, 5.41) is 16.0. The molecule has 0 unspecified atom stereocenters. The van der Waals surface area contributed by atoms with Gasteiger partial charge >= 0.3 is 0 Å². The molecule has 5 rings (SSSR count). The molecule has 3 heterocycles. The van der Waals surface area contributed by atoms with E-state index in [1.165, 1.54) is 12.1 Å². The number of nitrogens with one attached hydrogen (secondary N) is 2. The van der Waals surface area contributed by atoms with Crippen molar-refractivity contribution in [2.24, 2.45) is 7.05 Å². The molecule has 9 nitrogen and oxygen atoms in total. The van der Waals surface area contributed by atoms with Gasteiger partial charge in [0.2, 0.25) is 0 Å². The van der Waals surface area contributed by atoms with Gasteiger partial charge in [-0.1, -0.05) is 23.7 Å². The van der Waals surface area contributed by atoms with Crippen molar-refractivity contribution in [2.45, 2.75) is 13.5 Å². The molecule has 1 amide bonds. The summed E-state index contributed by atoms with van der Waals surface area (Å²) in [6.07, 6.45) is 1.65. The van der Waals surface area contributed by atoms with Crippen LogP contribution in [0.1, 0.15) is 21.6 Å². The molecule has 1 saturated heterocycles. The lowest BCUT2D eigenvalue weighted by Gasteiger charge is -2.26. The first-order valence-electron chi connectivity index (χ1n) is 12.7. The van der Waals surface area contributed by atoms with Crippen LogP contribution < -0.4 is 15.4 Å². The number of fused-ring (bicyclic) bond motifs is 1. The van der Waals surface area contributed by atoms with Crippen LogP contribution in [0.4, 0.5) is 15.9 Å². The minimum absolute atomic E-state index is 0.145. The Morgan fingerprint density at radius 1 is 1.21 bits per heavy atom. The highest BCUT2D eigenvalue weighted by Gasteiger charge is 2.22. The second-order valence-corrected chi connectivity index (χ2v) is 9.79. The summed E-state index contributed by atoms with van der Waals surface area (Å²) >= 11 is 6.48. The second-order valence-electron chi connectivity index (χ2n) is 9.38.